The minimum atomic E-state index is 0.494. The third kappa shape index (κ3) is 2.90. The van der Waals surface area contributed by atoms with E-state index in [0.29, 0.717) is 5.95 Å². The van der Waals surface area contributed by atoms with Crippen LogP contribution in [0.3, 0.4) is 0 Å². The third-order valence-electron chi connectivity index (χ3n) is 2.18. The highest BCUT2D eigenvalue weighted by atomic mass is 16.3. The van der Waals surface area contributed by atoms with Gasteiger partial charge >= 0.3 is 0 Å². The van der Waals surface area contributed by atoms with Crippen molar-refractivity contribution in [1.82, 2.24) is 9.97 Å². The molecule has 88 valence electrons. The van der Waals surface area contributed by atoms with Crippen molar-refractivity contribution in [3.63, 3.8) is 0 Å². The average molecular weight is 230 g/mol. The van der Waals surface area contributed by atoms with E-state index in [9.17, 15) is 0 Å². The Morgan fingerprint density at radius 2 is 2.00 bits per heavy atom. The second-order valence-corrected chi connectivity index (χ2v) is 3.76. The number of furan rings is 1. The molecule has 0 saturated heterocycles. The fourth-order valence-electron chi connectivity index (χ4n) is 1.45. The Hall–Kier alpha value is -2.17. The molecular formula is C12H14N4O. The van der Waals surface area contributed by atoms with E-state index in [1.807, 2.05) is 39.0 Å². The van der Waals surface area contributed by atoms with Gasteiger partial charge in [0.05, 0.1) is 6.26 Å². The van der Waals surface area contributed by atoms with E-state index in [-0.39, 0.29) is 0 Å². The highest BCUT2D eigenvalue weighted by molar-refractivity contribution is 5.96. The quantitative estimate of drug-likeness (QED) is 0.650. The number of rotatable bonds is 3. The van der Waals surface area contributed by atoms with Crippen LogP contribution in [-0.2, 0) is 0 Å². The highest BCUT2D eigenvalue weighted by Gasteiger charge is 2.01. The summed E-state index contributed by atoms with van der Waals surface area (Å²) < 4.78 is 5.22. The smallest absolute Gasteiger partial charge is 0.243 e. The standard InChI is InChI=1S/C12H14N4O/c1-8-7-9(2)14-12(13-8)16-15-10(3)11-5-4-6-17-11/h4-7H,1-3H3,(H,13,14,16)/b15-10+. The second-order valence-electron chi connectivity index (χ2n) is 3.76. The van der Waals surface area contributed by atoms with Crippen molar-refractivity contribution in [2.75, 3.05) is 5.43 Å². The zero-order chi connectivity index (χ0) is 12.3. The fraction of sp³-hybridized carbons (Fsp3) is 0.250. The monoisotopic (exact) mass is 230 g/mol. The lowest BCUT2D eigenvalue weighted by molar-refractivity contribution is 0.557. The molecule has 0 aliphatic carbocycles. The summed E-state index contributed by atoms with van der Waals surface area (Å²) >= 11 is 0. The van der Waals surface area contributed by atoms with E-state index in [4.69, 9.17) is 4.42 Å². The van der Waals surface area contributed by atoms with Gasteiger partial charge in [-0.05, 0) is 39.0 Å². The number of nitrogens with one attached hydrogen (secondary N) is 1. The maximum absolute atomic E-state index is 5.22. The summed E-state index contributed by atoms with van der Waals surface area (Å²) in [6.45, 7) is 5.69. The predicted octanol–water partition coefficient (Wildman–Crippen LogP) is 2.52. The number of aromatic nitrogens is 2. The normalized spacial score (nSPS) is 11.6. The number of hydrogen-bond acceptors (Lipinski definition) is 5. The summed E-state index contributed by atoms with van der Waals surface area (Å²) in [5.74, 6) is 1.22. The number of anilines is 1. The Morgan fingerprint density at radius 1 is 1.29 bits per heavy atom. The number of hydrazone groups is 1. The van der Waals surface area contributed by atoms with Gasteiger partial charge in [0.1, 0.15) is 11.5 Å². The number of aryl methyl sites for hydroxylation is 2. The van der Waals surface area contributed by atoms with Crippen LogP contribution in [0, 0.1) is 13.8 Å². The van der Waals surface area contributed by atoms with Gasteiger partial charge < -0.3 is 4.42 Å². The first-order valence-electron chi connectivity index (χ1n) is 5.31. The van der Waals surface area contributed by atoms with Gasteiger partial charge in [-0.25, -0.2) is 15.4 Å². The molecule has 0 aliphatic heterocycles. The van der Waals surface area contributed by atoms with Gasteiger partial charge in [0.15, 0.2) is 0 Å². The van der Waals surface area contributed by atoms with Gasteiger partial charge in [-0.1, -0.05) is 0 Å². The molecule has 0 saturated carbocycles. The Kier molecular flexibility index (Phi) is 3.18. The van der Waals surface area contributed by atoms with Crippen LogP contribution in [0.5, 0.6) is 0 Å². The van der Waals surface area contributed by atoms with E-state index < -0.39 is 0 Å². The average Bonchev–Trinajstić information content (AvgIpc) is 2.78. The van der Waals surface area contributed by atoms with Gasteiger partial charge in [0.2, 0.25) is 5.95 Å². The van der Waals surface area contributed by atoms with Crippen molar-refractivity contribution in [3.05, 3.63) is 41.6 Å². The first-order valence-corrected chi connectivity index (χ1v) is 5.31. The lowest BCUT2D eigenvalue weighted by Gasteiger charge is -2.02. The molecule has 2 aromatic rings. The molecule has 0 aliphatic rings. The summed E-state index contributed by atoms with van der Waals surface area (Å²) in [6, 6.07) is 5.58. The van der Waals surface area contributed by atoms with Gasteiger partial charge in [0.25, 0.3) is 0 Å². The minimum Gasteiger partial charge on any atom is -0.463 e. The highest BCUT2D eigenvalue weighted by Crippen LogP contribution is 2.05. The molecular weight excluding hydrogens is 216 g/mol. The van der Waals surface area contributed by atoms with Crippen molar-refractivity contribution in [2.45, 2.75) is 20.8 Å². The Balaban J connectivity index is 2.14. The van der Waals surface area contributed by atoms with Crippen LogP contribution in [0.1, 0.15) is 24.1 Å². The van der Waals surface area contributed by atoms with Crippen LogP contribution in [-0.4, -0.2) is 15.7 Å². The molecule has 0 aromatic carbocycles. The first kappa shape index (κ1) is 11.3. The summed E-state index contributed by atoms with van der Waals surface area (Å²) in [6.07, 6.45) is 1.61. The molecule has 0 amide bonds. The molecule has 0 atom stereocenters. The molecule has 5 heteroatoms. The SMILES string of the molecule is C/C(=N\Nc1nc(C)cc(C)n1)c1ccco1. The molecule has 0 bridgehead atoms. The Bertz CT molecular complexity index is 511. The lowest BCUT2D eigenvalue weighted by Crippen LogP contribution is -2.03. The Labute approximate surface area is 99.6 Å². The van der Waals surface area contributed by atoms with Gasteiger partial charge in [0, 0.05) is 11.4 Å². The van der Waals surface area contributed by atoms with Crippen molar-refractivity contribution in [3.8, 4) is 0 Å². The van der Waals surface area contributed by atoms with Crippen LogP contribution in [0.4, 0.5) is 5.95 Å². The van der Waals surface area contributed by atoms with Crippen LogP contribution in [0.25, 0.3) is 0 Å². The zero-order valence-electron chi connectivity index (χ0n) is 10.1. The summed E-state index contributed by atoms with van der Waals surface area (Å²) in [4.78, 5) is 8.45. The third-order valence-corrected chi connectivity index (χ3v) is 2.18. The second kappa shape index (κ2) is 4.78. The zero-order valence-corrected chi connectivity index (χ0v) is 10.1. The molecule has 0 spiro atoms. The predicted molar refractivity (Wildman–Crippen MR) is 66.0 cm³/mol. The van der Waals surface area contributed by atoms with Crippen LogP contribution in [0.2, 0.25) is 0 Å². The molecule has 5 nitrogen and oxygen atoms in total. The van der Waals surface area contributed by atoms with Crippen molar-refractivity contribution in [1.29, 1.82) is 0 Å². The molecule has 2 heterocycles. The van der Waals surface area contributed by atoms with Gasteiger partial charge in [-0.15, -0.1) is 0 Å². The van der Waals surface area contributed by atoms with Crippen molar-refractivity contribution < 1.29 is 4.42 Å². The Morgan fingerprint density at radius 3 is 2.59 bits per heavy atom. The molecule has 0 unspecified atom stereocenters. The van der Waals surface area contributed by atoms with Crippen molar-refractivity contribution >= 4 is 11.7 Å². The molecule has 0 fully saturated rings. The van der Waals surface area contributed by atoms with Crippen LogP contribution >= 0.6 is 0 Å². The summed E-state index contributed by atoms with van der Waals surface area (Å²) in [5.41, 5.74) is 5.38. The lowest BCUT2D eigenvalue weighted by atomic mass is 10.3. The molecule has 2 rings (SSSR count). The summed E-state index contributed by atoms with van der Waals surface area (Å²) in [5, 5.41) is 4.17. The van der Waals surface area contributed by atoms with Gasteiger partial charge in [-0.3, -0.25) is 0 Å². The van der Waals surface area contributed by atoms with Crippen LogP contribution in [0.15, 0.2) is 34.0 Å². The molecule has 2 aromatic heterocycles. The van der Waals surface area contributed by atoms with E-state index in [0.717, 1.165) is 22.9 Å². The van der Waals surface area contributed by atoms with E-state index in [2.05, 4.69) is 20.5 Å². The van der Waals surface area contributed by atoms with Crippen LogP contribution < -0.4 is 5.43 Å². The summed E-state index contributed by atoms with van der Waals surface area (Å²) in [7, 11) is 0. The molecule has 17 heavy (non-hydrogen) atoms. The minimum absolute atomic E-state index is 0.494. The van der Waals surface area contributed by atoms with Gasteiger partial charge in [-0.2, -0.15) is 5.10 Å². The topological polar surface area (TPSA) is 63.3 Å². The number of hydrogen-bond donors (Lipinski definition) is 1. The maximum atomic E-state index is 5.22. The number of nitrogens with zero attached hydrogens (tertiary/aromatic N) is 3. The van der Waals surface area contributed by atoms with E-state index >= 15 is 0 Å². The largest absolute Gasteiger partial charge is 0.463 e. The van der Waals surface area contributed by atoms with E-state index in [1.54, 1.807) is 6.26 Å². The maximum Gasteiger partial charge on any atom is 0.243 e. The molecule has 1 N–H and O–H groups in total. The van der Waals surface area contributed by atoms with Crippen molar-refractivity contribution in [2.24, 2.45) is 5.10 Å². The van der Waals surface area contributed by atoms with E-state index in [1.165, 1.54) is 0 Å². The fourth-order valence-corrected chi connectivity index (χ4v) is 1.45. The first-order chi connectivity index (χ1) is 8.15. The molecule has 0 radical (unpaired) electrons.